The molecule has 1 heterocycles. The number of ketones is 1. The van der Waals surface area contributed by atoms with Crippen LogP contribution in [-0.4, -0.2) is 21.9 Å². The van der Waals surface area contributed by atoms with Crippen LogP contribution in [0.25, 0.3) is 0 Å². The third-order valence-corrected chi connectivity index (χ3v) is 2.52. The van der Waals surface area contributed by atoms with Gasteiger partial charge in [-0.05, 0) is 6.07 Å². The Labute approximate surface area is 114 Å². The van der Waals surface area contributed by atoms with Crippen LogP contribution in [0.4, 0.5) is 5.82 Å². The first-order valence-corrected chi connectivity index (χ1v) is 5.86. The van der Waals surface area contributed by atoms with Crippen LogP contribution in [0.2, 0.25) is 5.15 Å². The highest BCUT2D eigenvalue weighted by atomic mass is 35.5. The Hall–Kier alpha value is -2.27. The molecule has 0 saturated carbocycles. The maximum Gasteiger partial charge on any atom is 0.222 e. The van der Waals surface area contributed by atoms with Crippen LogP contribution in [-0.2, 0) is 4.79 Å². The lowest BCUT2D eigenvalue weighted by Gasteiger charge is -2.07. The number of carbonyl (C=O) groups is 2. The van der Waals surface area contributed by atoms with Crippen molar-refractivity contribution in [3.05, 3.63) is 52.7 Å². The number of halogens is 1. The predicted octanol–water partition coefficient (Wildman–Crippen LogP) is 2.32. The summed E-state index contributed by atoms with van der Waals surface area (Å²) in [6.45, 7) is 1.33. The number of benzene rings is 1. The predicted molar refractivity (Wildman–Crippen MR) is 71.2 cm³/mol. The Morgan fingerprint density at radius 3 is 2.47 bits per heavy atom. The largest absolute Gasteiger partial charge is 0.309 e. The number of nitrogens with one attached hydrogen (secondary N) is 1. The van der Waals surface area contributed by atoms with Gasteiger partial charge in [0.2, 0.25) is 5.91 Å². The fourth-order valence-corrected chi connectivity index (χ4v) is 1.69. The van der Waals surface area contributed by atoms with Crippen molar-refractivity contribution >= 4 is 29.1 Å². The smallest absolute Gasteiger partial charge is 0.222 e. The van der Waals surface area contributed by atoms with Crippen LogP contribution < -0.4 is 5.32 Å². The summed E-state index contributed by atoms with van der Waals surface area (Å²) < 4.78 is 0. The van der Waals surface area contributed by atoms with Gasteiger partial charge in [0.05, 0.1) is 5.56 Å². The first-order chi connectivity index (χ1) is 9.08. The summed E-state index contributed by atoms with van der Waals surface area (Å²) in [6, 6.07) is 10.0. The van der Waals surface area contributed by atoms with Crippen molar-refractivity contribution in [1.29, 1.82) is 0 Å². The van der Waals surface area contributed by atoms with Crippen molar-refractivity contribution in [3.63, 3.8) is 0 Å². The van der Waals surface area contributed by atoms with Gasteiger partial charge in [-0.2, -0.15) is 0 Å². The van der Waals surface area contributed by atoms with Crippen LogP contribution in [0, 0.1) is 0 Å². The lowest BCUT2D eigenvalue weighted by molar-refractivity contribution is -0.114. The molecule has 2 rings (SSSR count). The molecule has 96 valence electrons. The second kappa shape index (κ2) is 5.58. The third kappa shape index (κ3) is 3.14. The topological polar surface area (TPSA) is 72.0 Å². The van der Waals surface area contributed by atoms with Crippen molar-refractivity contribution in [2.24, 2.45) is 0 Å². The van der Waals surface area contributed by atoms with Gasteiger partial charge >= 0.3 is 0 Å². The average molecular weight is 276 g/mol. The van der Waals surface area contributed by atoms with Crippen molar-refractivity contribution in [2.75, 3.05) is 5.32 Å². The van der Waals surface area contributed by atoms with Crippen LogP contribution >= 0.6 is 11.6 Å². The summed E-state index contributed by atoms with van der Waals surface area (Å²) in [6.07, 6.45) is 0. The molecule has 0 fully saturated rings. The van der Waals surface area contributed by atoms with Gasteiger partial charge in [0.15, 0.2) is 16.8 Å². The first-order valence-electron chi connectivity index (χ1n) is 5.48. The number of aromatic nitrogens is 2. The minimum absolute atomic E-state index is 0.0911. The van der Waals surface area contributed by atoms with E-state index in [1.165, 1.54) is 13.0 Å². The molecule has 1 aromatic heterocycles. The summed E-state index contributed by atoms with van der Waals surface area (Å²) in [4.78, 5) is 23.4. The molecule has 19 heavy (non-hydrogen) atoms. The van der Waals surface area contributed by atoms with Gasteiger partial charge in [0.25, 0.3) is 0 Å². The summed E-state index contributed by atoms with van der Waals surface area (Å²) in [7, 11) is 0. The molecule has 0 bridgehead atoms. The molecule has 0 atom stereocenters. The van der Waals surface area contributed by atoms with Gasteiger partial charge in [-0.15, -0.1) is 10.2 Å². The standard InChI is InChI=1S/C13H10ClN3O2/c1-8(18)15-13-10(7-11(14)16-17-13)12(19)9-5-3-2-4-6-9/h2-7H,1H3,(H,15,17,18). The molecule has 0 saturated heterocycles. The van der Waals surface area contributed by atoms with Gasteiger partial charge < -0.3 is 5.32 Å². The Kier molecular flexibility index (Phi) is 3.87. The van der Waals surface area contributed by atoms with E-state index in [0.717, 1.165) is 0 Å². The number of rotatable bonds is 3. The van der Waals surface area contributed by atoms with E-state index in [0.29, 0.717) is 5.56 Å². The van der Waals surface area contributed by atoms with E-state index in [-0.39, 0.29) is 28.2 Å². The monoisotopic (exact) mass is 275 g/mol. The maximum absolute atomic E-state index is 12.3. The fourth-order valence-electron chi connectivity index (χ4n) is 1.55. The highest BCUT2D eigenvalue weighted by Gasteiger charge is 2.17. The highest BCUT2D eigenvalue weighted by molar-refractivity contribution is 6.30. The number of hydrogen-bond acceptors (Lipinski definition) is 4. The minimum Gasteiger partial charge on any atom is -0.309 e. The Balaban J connectivity index is 2.45. The van der Waals surface area contributed by atoms with Crippen LogP contribution in [0.1, 0.15) is 22.8 Å². The molecule has 0 unspecified atom stereocenters. The zero-order chi connectivity index (χ0) is 13.8. The fraction of sp³-hybridized carbons (Fsp3) is 0.0769. The van der Waals surface area contributed by atoms with Gasteiger partial charge in [-0.1, -0.05) is 41.9 Å². The van der Waals surface area contributed by atoms with E-state index in [4.69, 9.17) is 11.6 Å². The molecule has 2 aromatic rings. The summed E-state index contributed by atoms with van der Waals surface area (Å²) in [5.74, 6) is -0.509. The normalized spacial score (nSPS) is 10.0. The maximum atomic E-state index is 12.3. The molecule has 0 aliphatic rings. The molecule has 1 aromatic carbocycles. The third-order valence-electron chi connectivity index (χ3n) is 2.34. The second-order valence-corrected chi connectivity index (χ2v) is 4.19. The zero-order valence-electron chi connectivity index (χ0n) is 10.1. The molecule has 0 aliphatic carbocycles. The summed E-state index contributed by atoms with van der Waals surface area (Å²) in [5.41, 5.74) is 0.694. The van der Waals surface area contributed by atoms with Gasteiger partial charge in [-0.3, -0.25) is 9.59 Å². The lowest BCUT2D eigenvalue weighted by Crippen LogP contribution is -2.14. The van der Waals surface area contributed by atoms with Crippen LogP contribution in [0.5, 0.6) is 0 Å². The number of amides is 1. The van der Waals surface area contributed by atoms with Crippen LogP contribution in [0.3, 0.4) is 0 Å². The molecule has 5 nitrogen and oxygen atoms in total. The van der Waals surface area contributed by atoms with E-state index in [1.807, 2.05) is 6.07 Å². The number of nitrogens with zero attached hydrogens (tertiary/aromatic N) is 2. The van der Waals surface area contributed by atoms with Crippen molar-refractivity contribution in [3.8, 4) is 0 Å². The van der Waals surface area contributed by atoms with E-state index >= 15 is 0 Å². The van der Waals surface area contributed by atoms with E-state index in [2.05, 4.69) is 15.5 Å². The Morgan fingerprint density at radius 2 is 1.84 bits per heavy atom. The molecule has 0 aliphatic heterocycles. The van der Waals surface area contributed by atoms with Crippen molar-refractivity contribution in [1.82, 2.24) is 10.2 Å². The van der Waals surface area contributed by atoms with E-state index in [9.17, 15) is 9.59 Å². The molecule has 0 spiro atoms. The molecule has 1 amide bonds. The SMILES string of the molecule is CC(=O)Nc1nnc(Cl)cc1C(=O)c1ccccc1. The highest BCUT2D eigenvalue weighted by Crippen LogP contribution is 2.19. The van der Waals surface area contributed by atoms with Crippen molar-refractivity contribution in [2.45, 2.75) is 6.92 Å². The minimum atomic E-state index is -0.335. The number of carbonyl (C=O) groups excluding carboxylic acids is 2. The molecular formula is C13H10ClN3O2. The zero-order valence-corrected chi connectivity index (χ0v) is 10.8. The van der Waals surface area contributed by atoms with Crippen LogP contribution in [0.15, 0.2) is 36.4 Å². The van der Waals surface area contributed by atoms with Gasteiger partial charge in [0.1, 0.15) is 0 Å². The molecule has 6 heteroatoms. The Morgan fingerprint density at radius 1 is 1.16 bits per heavy atom. The van der Waals surface area contributed by atoms with Gasteiger partial charge in [0, 0.05) is 12.5 Å². The lowest BCUT2D eigenvalue weighted by atomic mass is 10.0. The number of anilines is 1. The van der Waals surface area contributed by atoms with Crippen molar-refractivity contribution < 1.29 is 9.59 Å². The quantitative estimate of drug-likeness (QED) is 0.873. The summed E-state index contributed by atoms with van der Waals surface area (Å²) in [5, 5.41) is 9.90. The Bertz CT molecular complexity index is 629. The van der Waals surface area contributed by atoms with E-state index in [1.54, 1.807) is 24.3 Å². The van der Waals surface area contributed by atoms with Gasteiger partial charge in [-0.25, -0.2) is 0 Å². The second-order valence-electron chi connectivity index (χ2n) is 3.81. The molecular weight excluding hydrogens is 266 g/mol. The molecule has 1 N–H and O–H groups in total. The molecule has 0 radical (unpaired) electrons. The summed E-state index contributed by atoms with van der Waals surface area (Å²) >= 11 is 5.75. The van der Waals surface area contributed by atoms with E-state index < -0.39 is 0 Å². The average Bonchev–Trinajstić information content (AvgIpc) is 2.40. The first kappa shape index (κ1) is 13.2. The number of hydrogen-bond donors (Lipinski definition) is 1.